The summed E-state index contributed by atoms with van der Waals surface area (Å²) in [6, 6.07) is 20.6. The minimum absolute atomic E-state index is 0.0738. The number of halogens is 3. The molecular weight excluding hydrogens is 469 g/mol. The number of aromatic amines is 1. The van der Waals surface area contributed by atoms with Crippen LogP contribution in [0.2, 0.25) is 0 Å². The van der Waals surface area contributed by atoms with Gasteiger partial charge < -0.3 is 15.0 Å². The molecule has 1 fully saturated rings. The van der Waals surface area contributed by atoms with Crippen molar-refractivity contribution in [3.63, 3.8) is 0 Å². The highest BCUT2D eigenvalue weighted by molar-refractivity contribution is 5.99. The molecule has 0 spiro atoms. The number of aromatic nitrogens is 2. The topological polar surface area (TPSA) is 70.2 Å². The molecule has 2 heterocycles. The SMILES string of the molecule is O=C(c1ccc2[nH]nc(C#Cc3ccccc3OC(F)(F)F)c2c1)N1CCNC[C@H]1c1ccccc1. The van der Waals surface area contributed by atoms with Crippen molar-refractivity contribution in [1.29, 1.82) is 0 Å². The minimum atomic E-state index is -4.83. The lowest BCUT2D eigenvalue weighted by molar-refractivity contribution is -0.274. The van der Waals surface area contributed by atoms with Gasteiger partial charge in [-0.1, -0.05) is 48.4 Å². The molecule has 182 valence electrons. The fourth-order valence-corrected chi connectivity index (χ4v) is 4.24. The number of ether oxygens (including phenoxy) is 1. The number of carbonyl (C=O) groups is 1. The van der Waals surface area contributed by atoms with Crippen LogP contribution in [0.1, 0.15) is 33.2 Å². The standard InChI is InChI=1S/C27H21F3N4O2/c28-27(29,30)36-25-9-5-4-8-19(25)10-12-22-21-16-20(11-13-23(21)33-32-22)26(35)34-15-14-31-17-24(34)18-6-2-1-3-7-18/h1-9,11,13,16,24,31H,14-15,17H2,(H,32,33)/t24-/m0/s1. The van der Waals surface area contributed by atoms with E-state index in [-0.39, 0.29) is 23.3 Å². The van der Waals surface area contributed by atoms with E-state index in [4.69, 9.17) is 0 Å². The van der Waals surface area contributed by atoms with Gasteiger partial charge in [-0.25, -0.2) is 0 Å². The van der Waals surface area contributed by atoms with Crippen molar-refractivity contribution in [3.8, 4) is 17.6 Å². The maximum atomic E-state index is 13.5. The van der Waals surface area contributed by atoms with Crippen molar-refractivity contribution in [2.45, 2.75) is 12.4 Å². The summed E-state index contributed by atoms with van der Waals surface area (Å²) in [7, 11) is 0. The lowest BCUT2D eigenvalue weighted by Gasteiger charge is -2.36. The Morgan fingerprint density at radius 1 is 1.03 bits per heavy atom. The smallest absolute Gasteiger partial charge is 0.404 e. The maximum absolute atomic E-state index is 13.5. The summed E-state index contributed by atoms with van der Waals surface area (Å²) >= 11 is 0. The Morgan fingerprint density at radius 3 is 2.61 bits per heavy atom. The summed E-state index contributed by atoms with van der Waals surface area (Å²) in [5.41, 5.74) is 2.59. The van der Waals surface area contributed by atoms with Crippen LogP contribution >= 0.6 is 0 Å². The van der Waals surface area contributed by atoms with Crippen LogP contribution in [0.25, 0.3) is 10.9 Å². The molecule has 0 radical (unpaired) electrons. The van der Waals surface area contributed by atoms with E-state index in [9.17, 15) is 18.0 Å². The Balaban J connectivity index is 1.45. The second-order valence-corrected chi connectivity index (χ2v) is 8.26. The second-order valence-electron chi connectivity index (χ2n) is 8.26. The van der Waals surface area contributed by atoms with Gasteiger partial charge in [-0.3, -0.25) is 9.89 Å². The molecule has 9 heteroatoms. The molecule has 1 aromatic heterocycles. The van der Waals surface area contributed by atoms with E-state index in [0.29, 0.717) is 41.8 Å². The first kappa shape index (κ1) is 23.5. The molecule has 2 N–H and O–H groups in total. The van der Waals surface area contributed by atoms with Gasteiger partial charge in [0.1, 0.15) is 11.4 Å². The molecule has 36 heavy (non-hydrogen) atoms. The zero-order valence-electron chi connectivity index (χ0n) is 19.0. The van der Waals surface area contributed by atoms with Crippen LogP contribution in [-0.2, 0) is 0 Å². The van der Waals surface area contributed by atoms with E-state index in [1.165, 1.54) is 18.2 Å². The summed E-state index contributed by atoms with van der Waals surface area (Å²) in [5, 5.41) is 11.0. The first-order chi connectivity index (χ1) is 17.4. The Labute approximate surface area is 205 Å². The van der Waals surface area contributed by atoms with Gasteiger partial charge in [-0.15, -0.1) is 13.2 Å². The summed E-state index contributed by atoms with van der Waals surface area (Å²) in [6.45, 7) is 1.91. The largest absolute Gasteiger partial charge is 0.573 e. The van der Waals surface area contributed by atoms with Gasteiger partial charge in [0.05, 0.1) is 17.1 Å². The van der Waals surface area contributed by atoms with Crippen molar-refractivity contribution < 1.29 is 22.7 Å². The van der Waals surface area contributed by atoms with E-state index in [1.54, 1.807) is 24.3 Å². The van der Waals surface area contributed by atoms with Crippen molar-refractivity contribution in [2.24, 2.45) is 0 Å². The number of H-pyrrole nitrogens is 1. The van der Waals surface area contributed by atoms with Crippen molar-refractivity contribution >= 4 is 16.8 Å². The molecule has 5 rings (SSSR count). The van der Waals surface area contributed by atoms with Gasteiger partial charge in [0, 0.05) is 30.6 Å². The zero-order chi connectivity index (χ0) is 25.1. The van der Waals surface area contributed by atoms with Gasteiger partial charge in [0.2, 0.25) is 0 Å². The molecule has 3 aromatic carbocycles. The first-order valence-electron chi connectivity index (χ1n) is 11.3. The third-order valence-corrected chi connectivity index (χ3v) is 5.93. The van der Waals surface area contributed by atoms with Crippen molar-refractivity contribution in [3.05, 3.63) is 95.2 Å². The molecule has 1 atom stereocenters. The number of piperazine rings is 1. The number of nitrogens with one attached hydrogen (secondary N) is 2. The van der Waals surface area contributed by atoms with Crippen LogP contribution in [0.3, 0.4) is 0 Å². The Kier molecular flexibility index (Phi) is 6.36. The Morgan fingerprint density at radius 2 is 1.81 bits per heavy atom. The van der Waals surface area contributed by atoms with Gasteiger partial charge in [-0.05, 0) is 41.8 Å². The summed E-state index contributed by atoms with van der Waals surface area (Å²) in [5.74, 6) is 5.02. The molecule has 4 aromatic rings. The average molecular weight is 490 g/mol. The Bertz CT molecular complexity index is 1450. The molecule has 1 aliphatic rings. The number of alkyl halides is 3. The lowest BCUT2D eigenvalue weighted by Crippen LogP contribution is -2.48. The summed E-state index contributed by atoms with van der Waals surface area (Å²) in [4.78, 5) is 15.4. The molecule has 0 saturated carbocycles. The van der Waals surface area contributed by atoms with Crippen LogP contribution in [-0.4, -0.2) is 47.0 Å². The minimum Gasteiger partial charge on any atom is -0.404 e. The highest BCUT2D eigenvalue weighted by Gasteiger charge is 2.32. The van der Waals surface area contributed by atoms with Crippen molar-refractivity contribution in [2.75, 3.05) is 19.6 Å². The van der Waals surface area contributed by atoms with Crippen LogP contribution in [0.15, 0.2) is 72.8 Å². The predicted octanol–water partition coefficient (Wildman–Crippen LogP) is 4.65. The van der Waals surface area contributed by atoms with Crippen LogP contribution < -0.4 is 10.1 Å². The molecule has 1 aliphatic heterocycles. The number of carbonyl (C=O) groups excluding carboxylic acids is 1. The number of hydrogen-bond acceptors (Lipinski definition) is 4. The van der Waals surface area contributed by atoms with Gasteiger partial charge in [0.25, 0.3) is 5.91 Å². The van der Waals surface area contributed by atoms with Crippen LogP contribution in [0, 0.1) is 11.8 Å². The number of benzene rings is 3. The van der Waals surface area contributed by atoms with E-state index in [2.05, 4.69) is 32.1 Å². The first-order valence-corrected chi connectivity index (χ1v) is 11.3. The number of nitrogens with zero attached hydrogens (tertiary/aromatic N) is 2. The molecule has 0 bridgehead atoms. The average Bonchev–Trinajstić information content (AvgIpc) is 3.29. The van der Waals surface area contributed by atoms with E-state index >= 15 is 0 Å². The second kappa shape index (κ2) is 9.76. The molecule has 0 aliphatic carbocycles. The molecular formula is C27H21F3N4O2. The number of hydrogen-bond donors (Lipinski definition) is 2. The number of para-hydroxylation sites is 1. The molecule has 1 amide bonds. The third kappa shape index (κ3) is 5.04. The molecule has 0 unspecified atom stereocenters. The normalized spacial score (nSPS) is 15.9. The molecule has 1 saturated heterocycles. The van der Waals surface area contributed by atoms with Crippen LogP contribution in [0.4, 0.5) is 13.2 Å². The zero-order valence-corrected chi connectivity index (χ0v) is 19.0. The number of amides is 1. The quantitative estimate of drug-likeness (QED) is 0.411. The highest BCUT2D eigenvalue weighted by atomic mass is 19.4. The highest BCUT2D eigenvalue weighted by Crippen LogP contribution is 2.27. The van der Waals surface area contributed by atoms with Crippen LogP contribution in [0.5, 0.6) is 5.75 Å². The van der Waals surface area contributed by atoms with Gasteiger partial charge in [-0.2, -0.15) is 5.10 Å². The fraction of sp³-hybridized carbons (Fsp3) is 0.185. The summed E-state index contributed by atoms with van der Waals surface area (Å²) < 4.78 is 42.2. The third-order valence-electron chi connectivity index (χ3n) is 5.93. The van der Waals surface area contributed by atoms with Crippen molar-refractivity contribution in [1.82, 2.24) is 20.4 Å². The van der Waals surface area contributed by atoms with Gasteiger partial charge >= 0.3 is 6.36 Å². The van der Waals surface area contributed by atoms with E-state index < -0.39 is 6.36 Å². The van der Waals surface area contributed by atoms with Gasteiger partial charge in [0.15, 0.2) is 0 Å². The monoisotopic (exact) mass is 490 g/mol. The lowest BCUT2D eigenvalue weighted by atomic mass is 10.0. The number of fused-ring (bicyclic) bond motifs is 1. The summed E-state index contributed by atoms with van der Waals surface area (Å²) in [6.07, 6.45) is -4.83. The van der Waals surface area contributed by atoms with E-state index in [0.717, 1.165) is 5.56 Å². The predicted molar refractivity (Wildman–Crippen MR) is 128 cm³/mol. The Hall–Kier alpha value is -4.29. The maximum Gasteiger partial charge on any atom is 0.573 e. The molecule has 6 nitrogen and oxygen atoms in total. The number of rotatable bonds is 3. The van der Waals surface area contributed by atoms with E-state index in [1.807, 2.05) is 35.2 Å². The fourth-order valence-electron chi connectivity index (χ4n) is 4.24.